The highest BCUT2D eigenvalue weighted by atomic mass is 16.5. The molecule has 0 aliphatic heterocycles. The molecule has 196 valence electrons. The van der Waals surface area contributed by atoms with E-state index in [1.807, 2.05) is 0 Å². The summed E-state index contributed by atoms with van der Waals surface area (Å²) < 4.78 is 9.74. The Morgan fingerprint density at radius 3 is 1.00 bits per heavy atom. The van der Waals surface area contributed by atoms with E-state index in [-0.39, 0.29) is 68.2 Å². The summed E-state index contributed by atoms with van der Waals surface area (Å²) in [6, 6.07) is 16.0. The minimum absolute atomic E-state index is 0.0275. The van der Waals surface area contributed by atoms with Crippen LogP contribution in [0.4, 0.5) is 0 Å². The van der Waals surface area contributed by atoms with E-state index < -0.39 is 11.6 Å². The third-order valence-electron chi connectivity index (χ3n) is 5.32. The molecule has 0 aliphatic rings. The van der Waals surface area contributed by atoms with Gasteiger partial charge in [0, 0.05) is 35.4 Å². The molecule has 0 aliphatic carbocycles. The highest BCUT2D eigenvalue weighted by Crippen LogP contribution is 2.35. The van der Waals surface area contributed by atoms with Crippen molar-refractivity contribution in [3.63, 3.8) is 0 Å². The predicted molar refractivity (Wildman–Crippen MR) is 136 cm³/mol. The first kappa shape index (κ1) is 27.2. The van der Waals surface area contributed by atoms with Crippen molar-refractivity contribution < 1.29 is 49.7 Å². The number of carbonyl (C=O) groups excluding carboxylic acids is 2. The number of phenolic OH excluding ortho intramolecular Hbond substituents is 6. The number of ether oxygens (including phenoxy) is 2. The molecule has 4 rings (SSSR count). The predicted octanol–water partition coefficient (Wildman–Crippen LogP) is 4.09. The van der Waals surface area contributed by atoms with Crippen molar-refractivity contribution in [3.05, 3.63) is 95.1 Å². The molecule has 0 heterocycles. The van der Waals surface area contributed by atoms with E-state index in [1.165, 1.54) is 87.0 Å². The standard InChI is InChI=1S/2C14H12O5/c2*1-19-10-6-11(16)13(12(17)7-10)14(18)8-2-4-9(15)5-3-8/h2*2-7,15-17H,1H3. The Morgan fingerprint density at radius 2 is 0.763 bits per heavy atom. The van der Waals surface area contributed by atoms with Crippen LogP contribution in [0, 0.1) is 0 Å². The second kappa shape index (κ2) is 11.6. The number of methoxy groups -OCH3 is 2. The number of aromatic hydroxyl groups is 6. The Hall–Kier alpha value is -5.38. The van der Waals surface area contributed by atoms with Crippen LogP contribution in [0.25, 0.3) is 0 Å². The van der Waals surface area contributed by atoms with Crippen LogP contribution >= 0.6 is 0 Å². The van der Waals surface area contributed by atoms with Gasteiger partial charge in [0.25, 0.3) is 0 Å². The second-order valence-corrected chi connectivity index (χ2v) is 7.83. The molecular weight excluding hydrogens is 496 g/mol. The van der Waals surface area contributed by atoms with Crippen molar-refractivity contribution in [2.45, 2.75) is 0 Å². The molecule has 0 saturated carbocycles. The maximum Gasteiger partial charge on any atom is 0.200 e. The van der Waals surface area contributed by atoms with E-state index in [9.17, 15) is 30.0 Å². The largest absolute Gasteiger partial charge is 0.508 e. The van der Waals surface area contributed by atoms with E-state index in [2.05, 4.69) is 0 Å². The van der Waals surface area contributed by atoms with Gasteiger partial charge in [-0.05, 0) is 48.5 Å². The third-order valence-corrected chi connectivity index (χ3v) is 5.32. The average Bonchev–Trinajstić information content (AvgIpc) is 2.88. The summed E-state index contributed by atoms with van der Waals surface area (Å²) >= 11 is 0. The number of rotatable bonds is 6. The lowest BCUT2D eigenvalue weighted by atomic mass is 10.0. The zero-order valence-corrected chi connectivity index (χ0v) is 20.2. The molecule has 0 bridgehead atoms. The smallest absolute Gasteiger partial charge is 0.200 e. The number of ketones is 2. The summed E-state index contributed by atoms with van der Waals surface area (Å²) in [5.41, 5.74) is 0.0834. The first-order valence-corrected chi connectivity index (χ1v) is 10.9. The summed E-state index contributed by atoms with van der Waals surface area (Å²) in [7, 11) is 2.77. The van der Waals surface area contributed by atoms with Crippen molar-refractivity contribution >= 4 is 11.6 Å². The zero-order chi connectivity index (χ0) is 28.0. The molecule has 0 unspecified atom stereocenters. The molecule has 0 amide bonds. The summed E-state index contributed by atoms with van der Waals surface area (Å²) in [6.45, 7) is 0. The Kier molecular flexibility index (Phi) is 8.29. The lowest BCUT2D eigenvalue weighted by Gasteiger charge is -2.09. The van der Waals surface area contributed by atoms with Crippen LogP contribution in [0.1, 0.15) is 31.8 Å². The van der Waals surface area contributed by atoms with Gasteiger partial charge in [-0.3, -0.25) is 9.59 Å². The number of hydrogen-bond donors (Lipinski definition) is 6. The van der Waals surface area contributed by atoms with E-state index in [0.29, 0.717) is 0 Å². The molecule has 10 heteroatoms. The molecule has 4 aromatic rings. The summed E-state index contributed by atoms with van der Waals surface area (Å²) in [5, 5.41) is 57.4. The maximum absolute atomic E-state index is 12.2. The molecule has 0 spiro atoms. The minimum atomic E-state index is -0.544. The van der Waals surface area contributed by atoms with Crippen molar-refractivity contribution in [2.75, 3.05) is 14.2 Å². The van der Waals surface area contributed by atoms with Crippen molar-refractivity contribution in [1.82, 2.24) is 0 Å². The zero-order valence-electron chi connectivity index (χ0n) is 20.2. The van der Waals surface area contributed by atoms with Gasteiger partial charge in [0.05, 0.1) is 14.2 Å². The van der Waals surface area contributed by atoms with E-state index in [1.54, 1.807) is 0 Å². The van der Waals surface area contributed by atoms with Crippen LogP contribution in [0.2, 0.25) is 0 Å². The minimum Gasteiger partial charge on any atom is -0.508 e. The van der Waals surface area contributed by atoms with Crippen LogP contribution in [0.5, 0.6) is 46.0 Å². The monoisotopic (exact) mass is 520 g/mol. The van der Waals surface area contributed by atoms with Crippen LogP contribution in [0.3, 0.4) is 0 Å². The van der Waals surface area contributed by atoms with Gasteiger partial charge in [-0.25, -0.2) is 0 Å². The first-order valence-electron chi connectivity index (χ1n) is 10.9. The van der Waals surface area contributed by atoms with Crippen molar-refractivity contribution in [1.29, 1.82) is 0 Å². The lowest BCUT2D eigenvalue weighted by molar-refractivity contribution is 0.102. The highest BCUT2D eigenvalue weighted by Gasteiger charge is 2.20. The Balaban J connectivity index is 0.000000211. The average molecular weight is 520 g/mol. The first-order chi connectivity index (χ1) is 18.0. The highest BCUT2D eigenvalue weighted by molar-refractivity contribution is 6.13. The SMILES string of the molecule is COc1cc(O)c(C(=O)c2ccc(O)cc2)c(O)c1.COc1cc(O)c(C(=O)c2ccc(O)cc2)c(O)c1. The Bertz CT molecular complexity index is 1300. The van der Waals surface area contributed by atoms with Gasteiger partial charge in [-0.2, -0.15) is 0 Å². The summed E-state index contributed by atoms with van der Waals surface area (Å²) in [6.07, 6.45) is 0. The fraction of sp³-hybridized carbons (Fsp3) is 0.0714. The summed E-state index contributed by atoms with van der Waals surface area (Å²) in [5.74, 6) is -2.00. The molecule has 6 N–H and O–H groups in total. The fourth-order valence-electron chi connectivity index (χ4n) is 3.39. The number of phenols is 6. The molecule has 0 atom stereocenters. The third kappa shape index (κ3) is 6.05. The Morgan fingerprint density at radius 1 is 0.500 bits per heavy atom. The van der Waals surface area contributed by atoms with Crippen molar-refractivity contribution in [3.8, 4) is 46.0 Å². The molecule has 0 aromatic heterocycles. The van der Waals surface area contributed by atoms with Gasteiger partial charge < -0.3 is 40.1 Å². The lowest BCUT2D eigenvalue weighted by Crippen LogP contribution is -2.02. The molecule has 38 heavy (non-hydrogen) atoms. The molecule has 0 radical (unpaired) electrons. The Labute approximate surface area is 216 Å². The molecular formula is C28H24O10. The van der Waals surface area contributed by atoms with Crippen LogP contribution in [0.15, 0.2) is 72.8 Å². The fourth-order valence-corrected chi connectivity index (χ4v) is 3.39. The second-order valence-electron chi connectivity index (χ2n) is 7.83. The van der Waals surface area contributed by atoms with Crippen molar-refractivity contribution in [2.24, 2.45) is 0 Å². The number of benzene rings is 4. The molecule has 10 nitrogen and oxygen atoms in total. The van der Waals surface area contributed by atoms with E-state index in [0.717, 1.165) is 0 Å². The van der Waals surface area contributed by atoms with E-state index in [4.69, 9.17) is 19.7 Å². The maximum atomic E-state index is 12.2. The quantitative estimate of drug-likeness (QED) is 0.203. The van der Waals surface area contributed by atoms with Crippen LogP contribution < -0.4 is 9.47 Å². The number of hydrogen-bond acceptors (Lipinski definition) is 10. The van der Waals surface area contributed by atoms with Gasteiger partial charge >= 0.3 is 0 Å². The van der Waals surface area contributed by atoms with Gasteiger partial charge in [-0.1, -0.05) is 0 Å². The molecule has 0 saturated heterocycles. The molecule has 4 aromatic carbocycles. The van der Waals surface area contributed by atoms with E-state index >= 15 is 0 Å². The van der Waals surface area contributed by atoms with Gasteiger partial charge in [0.2, 0.25) is 11.6 Å². The van der Waals surface area contributed by atoms with Gasteiger partial charge in [0.1, 0.15) is 57.1 Å². The van der Waals surface area contributed by atoms with Gasteiger partial charge in [0.15, 0.2) is 0 Å². The van der Waals surface area contributed by atoms with Gasteiger partial charge in [-0.15, -0.1) is 0 Å². The topological polar surface area (TPSA) is 174 Å². The molecule has 0 fully saturated rings. The van der Waals surface area contributed by atoms with Crippen LogP contribution in [-0.4, -0.2) is 56.4 Å². The summed E-state index contributed by atoms with van der Waals surface area (Å²) in [4.78, 5) is 24.3. The van der Waals surface area contributed by atoms with Crippen LogP contribution in [-0.2, 0) is 0 Å². The normalized spacial score (nSPS) is 10.2. The number of carbonyl (C=O) groups is 2.